The summed E-state index contributed by atoms with van der Waals surface area (Å²) >= 11 is 9.28. The van der Waals surface area contributed by atoms with Crippen molar-refractivity contribution >= 4 is 55.8 Å². The van der Waals surface area contributed by atoms with Gasteiger partial charge in [-0.3, -0.25) is 9.59 Å². The first kappa shape index (κ1) is 16.7. The van der Waals surface area contributed by atoms with Gasteiger partial charge < -0.3 is 10.3 Å². The highest BCUT2D eigenvalue weighted by Gasteiger charge is 2.20. The number of carbonyl (C=O) groups excluding carboxylic acids is 2. The summed E-state index contributed by atoms with van der Waals surface area (Å²) in [5.41, 5.74) is 2.09. The SMILES string of the molecule is O=C(CCBr)Nc1c(C(=O)c2ccccc2)[nH]c2cc(Cl)ccc12. The number of anilines is 1. The number of halogens is 2. The van der Waals surface area contributed by atoms with Crippen LogP contribution in [0.3, 0.4) is 0 Å². The number of hydrogen-bond acceptors (Lipinski definition) is 2. The summed E-state index contributed by atoms with van der Waals surface area (Å²) in [5.74, 6) is -0.345. The Morgan fingerprint density at radius 3 is 2.58 bits per heavy atom. The summed E-state index contributed by atoms with van der Waals surface area (Å²) in [6.45, 7) is 0. The van der Waals surface area contributed by atoms with Crippen LogP contribution in [0.4, 0.5) is 5.69 Å². The second-order valence-electron chi connectivity index (χ2n) is 5.25. The van der Waals surface area contributed by atoms with E-state index in [0.29, 0.717) is 39.2 Å². The lowest BCUT2D eigenvalue weighted by molar-refractivity contribution is -0.115. The minimum Gasteiger partial charge on any atom is -0.350 e. The van der Waals surface area contributed by atoms with E-state index in [0.717, 1.165) is 5.39 Å². The molecule has 1 heterocycles. The molecule has 0 saturated carbocycles. The highest BCUT2D eigenvalue weighted by Crippen LogP contribution is 2.31. The summed E-state index contributed by atoms with van der Waals surface area (Å²) in [6.07, 6.45) is 0.319. The summed E-state index contributed by atoms with van der Waals surface area (Å²) in [7, 11) is 0. The molecule has 0 aliphatic heterocycles. The van der Waals surface area contributed by atoms with Gasteiger partial charge in [-0.15, -0.1) is 0 Å². The van der Waals surface area contributed by atoms with Crippen LogP contribution in [0.1, 0.15) is 22.5 Å². The smallest absolute Gasteiger partial charge is 0.225 e. The third-order valence-electron chi connectivity index (χ3n) is 3.61. The van der Waals surface area contributed by atoms with Crippen LogP contribution in [-0.4, -0.2) is 22.0 Å². The zero-order valence-electron chi connectivity index (χ0n) is 12.6. The Hall–Kier alpha value is -2.11. The van der Waals surface area contributed by atoms with Crippen LogP contribution in [0.2, 0.25) is 5.02 Å². The van der Waals surface area contributed by atoms with Crippen molar-refractivity contribution in [2.45, 2.75) is 6.42 Å². The average molecular weight is 406 g/mol. The monoisotopic (exact) mass is 404 g/mol. The molecule has 3 aromatic rings. The van der Waals surface area contributed by atoms with Gasteiger partial charge in [0.2, 0.25) is 11.7 Å². The molecule has 0 saturated heterocycles. The first-order valence-electron chi connectivity index (χ1n) is 7.37. The topological polar surface area (TPSA) is 62.0 Å². The van der Waals surface area contributed by atoms with Gasteiger partial charge in [-0.25, -0.2) is 0 Å². The Kier molecular flexibility index (Phi) is 5.02. The zero-order valence-corrected chi connectivity index (χ0v) is 14.9. The molecule has 122 valence electrons. The Balaban J connectivity index is 2.11. The number of fused-ring (bicyclic) bond motifs is 1. The fourth-order valence-corrected chi connectivity index (χ4v) is 3.02. The van der Waals surface area contributed by atoms with E-state index in [1.54, 1.807) is 42.5 Å². The standard InChI is InChI=1S/C18H14BrClN2O2/c19-9-8-15(23)22-16-13-7-6-12(20)10-14(13)21-17(16)18(24)11-4-2-1-3-5-11/h1-7,10,21H,8-9H2,(H,22,23). The molecule has 0 spiro atoms. The van der Waals surface area contributed by atoms with E-state index >= 15 is 0 Å². The van der Waals surface area contributed by atoms with Crippen LogP contribution >= 0.6 is 27.5 Å². The van der Waals surface area contributed by atoms with Crippen molar-refractivity contribution in [3.8, 4) is 0 Å². The van der Waals surface area contributed by atoms with Gasteiger partial charge in [0.05, 0.1) is 5.69 Å². The van der Waals surface area contributed by atoms with Gasteiger partial charge in [-0.1, -0.05) is 57.9 Å². The number of rotatable bonds is 5. The Morgan fingerprint density at radius 1 is 1.12 bits per heavy atom. The predicted octanol–water partition coefficient (Wildman–Crippen LogP) is 4.78. The average Bonchev–Trinajstić information content (AvgIpc) is 2.92. The minimum atomic E-state index is -0.183. The molecule has 0 radical (unpaired) electrons. The van der Waals surface area contributed by atoms with Crippen molar-refractivity contribution in [1.29, 1.82) is 0 Å². The lowest BCUT2D eigenvalue weighted by Gasteiger charge is -2.06. The molecular formula is C18H14BrClN2O2. The third kappa shape index (κ3) is 3.37. The number of aromatic nitrogens is 1. The van der Waals surface area contributed by atoms with Crippen molar-refractivity contribution in [2.24, 2.45) is 0 Å². The third-order valence-corrected chi connectivity index (χ3v) is 4.24. The molecule has 1 amide bonds. The Bertz CT molecular complexity index is 906. The fourth-order valence-electron chi connectivity index (χ4n) is 2.49. The van der Waals surface area contributed by atoms with Crippen molar-refractivity contribution in [1.82, 2.24) is 4.98 Å². The molecule has 0 bridgehead atoms. The number of aromatic amines is 1. The minimum absolute atomic E-state index is 0.162. The molecule has 2 N–H and O–H groups in total. The van der Waals surface area contributed by atoms with Crippen LogP contribution in [0, 0.1) is 0 Å². The molecule has 0 aliphatic rings. The van der Waals surface area contributed by atoms with Gasteiger partial charge in [0, 0.05) is 33.2 Å². The number of ketones is 1. The molecular weight excluding hydrogens is 392 g/mol. The number of nitrogens with one attached hydrogen (secondary N) is 2. The van der Waals surface area contributed by atoms with Crippen LogP contribution in [0.5, 0.6) is 0 Å². The van der Waals surface area contributed by atoms with Gasteiger partial charge >= 0.3 is 0 Å². The maximum absolute atomic E-state index is 12.8. The molecule has 2 aromatic carbocycles. The quantitative estimate of drug-likeness (QED) is 0.474. The molecule has 0 atom stereocenters. The van der Waals surface area contributed by atoms with E-state index in [1.807, 2.05) is 6.07 Å². The van der Waals surface area contributed by atoms with Crippen LogP contribution < -0.4 is 5.32 Å². The highest BCUT2D eigenvalue weighted by atomic mass is 79.9. The predicted molar refractivity (Wildman–Crippen MR) is 100 cm³/mol. The second-order valence-corrected chi connectivity index (χ2v) is 6.48. The lowest BCUT2D eigenvalue weighted by Crippen LogP contribution is -2.14. The van der Waals surface area contributed by atoms with E-state index in [2.05, 4.69) is 26.2 Å². The highest BCUT2D eigenvalue weighted by molar-refractivity contribution is 9.09. The van der Waals surface area contributed by atoms with Crippen molar-refractivity contribution in [3.63, 3.8) is 0 Å². The van der Waals surface area contributed by atoms with Crippen molar-refractivity contribution in [3.05, 3.63) is 64.8 Å². The number of carbonyl (C=O) groups is 2. The summed E-state index contributed by atoms with van der Waals surface area (Å²) < 4.78 is 0. The fraction of sp³-hybridized carbons (Fsp3) is 0.111. The largest absolute Gasteiger partial charge is 0.350 e. The number of alkyl halides is 1. The second kappa shape index (κ2) is 7.20. The molecule has 1 aromatic heterocycles. The number of hydrogen-bond donors (Lipinski definition) is 2. The van der Waals surface area contributed by atoms with E-state index in [-0.39, 0.29) is 11.7 Å². The molecule has 0 aliphatic carbocycles. The zero-order chi connectivity index (χ0) is 17.1. The number of H-pyrrole nitrogens is 1. The summed E-state index contributed by atoms with van der Waals surface area (Å²) in [4.78, 5) is 28.0. The van der Waals surface area contributed by atoms with Crippen molar-refractivity contribution < 1.29 is 9.59 Å². The molecule has 0 unspecified atom stereocenters. The van der Waals surface area contributed by atoms with Gasteiger partial charge in [0.15, 0.2) is 0 Å². The van der Waals surface area contributed by atoms with E-state index in [1.165, 1.54) is 0 Å². The van der Waals surface area contributed by atoms with E-state index in [4.69, 9.17) is 11.6 Å². The van der Waals surface area contributed by atoms with Gasteiger partial charge in [-0.05, 0) is 18.2 Å². The summed E-state index contributed by atoms with van der Waals surface area (Å²) in [5, 5.41) is 4.70. The molecule has 3 rings (SSSR count). The first-order chi connectivity index (χ1) is 11.6. The molecule has 0 fully saturated rings. The molecule has 4 nitrogen and oxygen atoms in total. The number of amides is 1. The number of benzene rings is 2. The molecule has 6 heteroatoms. The van der Waals surface area contributed by atoms with Crippen LogP contribution in [0.25, 0.3) is 10.9 Å². The maximum Gasteiger partial charge on any atom is 0.225 e. The van der Waals surface area contributed by atoms with Crippen LogP contribution in [-0.2, 0) is 4.79 Å². The van der Waals surface area contributed by atoms with Crippen LogP contribution in [0.15, 0.2) is 48.5 Å². The van der Waals surface area contributed by atoms with Gasteiger partial charge in [0.1, 0.15) is 5.69 Å². The van der Waals surface area contributed by atoms with Crippen molar-refractivity contribution in [2.75, 3.05) is 10.6 Å². The van der Waals surface area contributed by atoms with Gasteiger partial charge in [-0.2, -0.15) is 0 Å². The van der Waals surface area contributed by atoms with E-state index in [9.17, 15) is 9.59 Å². The van der Waals surface area contributed by atoms with Gasteiger partial charge in [0.25, 0.3) is 0 Å². The summed E-state index contributed by atoms with van der Waals surface area (Å²) in [6, 6.07) is 14.2. The normalized spacial score (nSPS) is 10.8. The first-order valence-corrected chi connectivity index (χ1v) is 8.87. The Labute approximate surface area is 152 Å². The molecule has 24 heavy (non-hydrogen) atoms. The lowest BCUT2D eigenvalue weighted by atomic mass is 10.1. The van der Waals surface area contributed by atoms with E-state index < -0.39 is 0 Å². The maximum atomic E-state index is 12.8. The Morgan fingerprint density at radius 2 is 1.88 bits per heavy atom.